The predicted octanol–water partition coefficient (Wildman–Crippen LogP) is 1.34. The number of hydrogen-bond acceptors (Lipinski definition) is 3. The van der Waals surface area contributed by atoms with E-state index < -0.39 is 0 Å². The van der Waals surface area contributed by atoms with E-state index in [-0.39, 0.29) is 36.5 Å². The molecule has 0 saturated carbocycles. The van der Waals surface area contributed by atoms with Crippen LogP contribution in [0.5, 0.6) is 0 Å². The van der Waals surface area contributed by atoms with Crippen molar-refractivity contribution < 1.29 is 5.11 Å². The van der Waals surface area contributed by atoms with E-state index in [1.54, 1.807) is 0 Å². The van der Waals surface area contributed by atoms with Crippen molar-refractivity contribution in [3.63, 3.8) is 0 Å². The lowest BCUT2D eigenvalue weighted by atomic mass is 10.2. The van der Waals surface area contributed by atoms with Gasteiger partial charge in [-0.05, 0) is 26.7 Å². The van der Waals surface area contributed by atoms with Gasteiger partial charge >= 0.3 is 0 Å². The van der Waals surface area contributed by atoms with Gasteiger partial charge in [0, 0.05) is 38.0 Å². The molecule has 0 aromatic carbocycles. The van der Waals surface area contributed by atoms with Crippen molar-refractivity contribution in [3.8, 4) is 0 Å². The Hall–Kier alpha value is -0.830. The van der Waals surface area contributed by atoms with E-state index in [9.17, 15) is 0 Å². The third-order valence-corrected chi connectivity index (χ3v) is 3.33. The standard InChI is InChI=1S/C14H27N5O.HI/c1-6-15-14(16-7-10(2)9-20)17-8-13-11(3)18-19(5)12(13)4;/h10,20H,6-9H2,1-5H3,(H2,15,16,17);1H. The van der Waals surface area contributed by atoms with Gasteiger partial charge in [0.2, 0.25) is 0 Å². The van der Waals surface area contributed by atoms with E-state index in [0.29, 0.717) is 13.1 Å². The molecule has 0 aliphatic rings. The zero-order chi connectivity index (χ0) is 15.1. The summed E-state index contributed by atoms with van der Waals surface area (Å²) in [4.78, 5) is 4.58. The number of guanidine groups is 1. The van der Waals surface area contributed by atoms with E-state index in [0.717, 1.165) is 23.9 Å². The lowest BCUT2D eigenvalue weighted by molar-refractivity contribution is 0.238. The van der Waals surface area contributed by atoms with Crippen molar-refractivity contribution in [1.82, 2.24) is 20.4 Å². The van der Waals surface area contributed by atoms with Gasteiger partial charge in [0.15, 0.2) is 5.96 Å². The van der Waals surface area contributed by atoms with Crippen LogP contribution in [-0.4, -0.2) is 40.5 Å². The van der Waals surface area contributed by atoms with Gasteiger partial charge in [-0.15, -0.1) is 24.0 Å². The summed E-state index contributed by atoms with van der Waals surface area (Å²) in [5.74, 6) is 0.983. The van der Waals surface area contributed by atoms with Gasteiger partial charge in [-0.2, -0.15) is 5.10 Å². The fraction of sp³-hybridized carbons (Fsp3) is 0.714. The quantitative estimate of drug-likeness (QED) is 0.377. The molecule has 1 unspecified atom stereocenters. The Morgan fingerprint density at radius 3 is 2.52 bits per heavy atom. The van der Waals surface area contributed by atoms with Gasteiger partial charge in [-0.3, -0.25) is 4.68 Å². The summed E-state index contributed by atoms with van der Waals surface area (Å²) in [6.07, 6.45) is 0. The summed E-state index contributed by atoms with van der Waals surface area (Å²) >= 11 is 0. The summed E-state index contributed by atoms with van der Waals surface area (Å²) in [5, 5.41) is 19.9. The SMILES string of the molecule is CCNC(=NCc1c(C)nn(C)c1C)NCC(C)CO.I. The molecule has 0 aliphatic heterocycles. The Morgan fingerprint density at radius 2 is 2.05 bits per heavy atom. The number of aliphatic hydroxyl groups excluding tert-OH is 1. The van der Waals surface area contributed by atoms with Crippen LogP contribution in [0.15, 0.2) is 4.99 Å². The molecule has 0 saturated heterocycles. The zero-order valence-electron chi connectivity index (χ0n) is 13.6. The van der Waals surface area contributed by atoms with E-state index in [4.69, 9.17) is 5.11 Å². The molecule has 0 aliphatic carbocycles. The van der Waals surface area contributed by atoms with Crippen LogP contribution < -0.4 is 10.6 Å². The van der Waals surface area contributed by atoms with Crippen LogP contribution in [0.2, 0.25) is 0 Å². The van der Waals surface area contributed by atoms with Gasteiger partial charge < -0.3 is 15.7 Å². The van der Waals surface area contributed by atoms with Crippen LogP contribution in [0, 0.1) is 19.8 Å². The Balaban J connectivity index is 0.00000400. The maximum atomic E-state index is 9.05. The number of aromatic nitrogens is 2. The van der Waals surface area contributed by atoms with Crippen LogP contribution in [0.4, 0.5) is 0 Å². The molecular weight excluding hydrogens is 381 g/mol. The first-order chi connectivity index (χ1) is 9.49. The lowest BCUT2D eigenvalue weighted by Gasteiger charge is -2.14. The Kier molecular flexibility index (Phi) is 9.60. The van der Waals surface area contributed by atoms with Crippen LogP contribution in [0.3, 0.4) is 0 Å². The van der Waals surface area contributed by atoms with Crippen molar-refractivity contribution in [3.05, 3.63) is 17.0 Å². The minimum absolute atomic E-state index is 0. The molecule has 6 nitrogen and oxygen atoms in total. The minimum Gasteiger partial charge on any atom is -0.396 e. The van der Waals surface area contributed by atoms with Crippen molar-refractivity contribution in [2.24, 2.45) is 18.0 Å². The molecule has 122 valence electrons. The molecule has 0 spiro atoms. The maximum Gasteiger partial charge on any atom is 0.191 e. The first kappa shape index (κ1) is 20.2. The second-order valence-electron chi connectivity index (χ2n) is 5.14. The van der Waals surface area contributed by atoms with Gasteiger partial charge in [0.25, 0.3) is 0 Å². The van der Waals surface area contributed by atoms with Crippen LogP contribution in [0.1, 0.15) is 30.8 Å². The Bertz CT molecular complexity index is 458. The molecular formula is C14H28IN5O. The summed E-state index contributed by atoms with van der Waals surface area (Å²) in [6.45, 7) is 10.4. The monoisotopic (exact) mass is 409 g/mol. The summed E-state index contributed by atoms with van der Waals surface area (Å²) < 4.78 is 1.88. The number of hydrogen-bond donors (Lipinski definition) is 3. The number of aliphatic hydroxyl groups is 1. The highest BCUT2D eigenvalue weighted by atomic mass is 127. The smallest absolute Gasteiger partial charge is 0.191 e. The first-order valence-electron chi connectivity index (χ1n) is 7.11. The van der Waals surface area contributed by atoms with E-state index >= 15 is 0 Å². The van der Waals surface area contributed by atoms with Gasteiger partial charge in [0.05, 0.1) is 12.2 Å². The molecule has 21 heavy (non-hydrogen) atoms. The third kappa shape index (κ3) is 6.21. The maximum absolute atomic E-state index is 9.05. The van der Waals surface area contributed by atoms with Crippen LogP contribution >= 0.6 is 24.0 Å². The number of aryl methyl sites for hydroxylation is 2. The molecule has 1 aromatic heterocycles. The number of aliphatic imine (C=N–C) groups is 1. The van der Waals surface area contributed by atoms with Crippen LogP contribution in [0.25, 0.3) is 0 Å². The highest BCUT2D eigenvalue weighted by Crippen LogP contribution is 2.12. The zero-order valence-corrected chi connectivity index (χ0v) is 15.9. The Labute approximate surface area is 144 Å². The number of nitrogens with one attached hydrogen (secondary N) is 2. The largest absolute Gasteiger partial charge is 0.396 e. The van der Waals surface area contributed by atoms with Crippen molar-refractivity contribution in [2.45, 2.75) is 34.2 Å². The topological polar surface area (TPSA) is 74.5 Å². The van der Waals surface area contributed by atoms with Gasteiger partial charge in [0.1, 0.15) is 0 Å². The van der Waals surface area contributed by atoms with E-state index in [1.165, 1.54) is 5.56 Å². The average molecular weight is 409 g/mol. The molecule has 0 radical (unpaired) electrons. The summed E-state index contributed by atoms with van der Waals surface area (Å²) in [5.41, 5.74) is 3.33. The van der Waals surface area contributed by atoms with Gasteiger partial charge in [-0.25, -0.2) is 4.99 Å². The van der Waals surface area contributed by atoms with E-state index in [1.807, 2.05) is 32.5 Å². The minimum atomic E-state index is 0. The highest BCUT2D eigenvalue weighted by Gasteiger charge is 2.09. The van der Waals surface area contributed by atoms with Crippen molar-refractivity contribution in [1.29, 1.82) is 0 Å². The fourth-order valence-corrected chi connectivity index (χ4v) is 1.88. The number of halogens is 1. The molecule has 0 fully saturated rings. The molecule has 0 bridgehead atoms. The van der Waals surface area contributed by atoms with Crippen molar-refractivity contribution in [2.75, 3.05) is 19.7 Å². The highest BCUT2D eigenvalue weighted by molar-refractivity contribution is 14.0. The fourth-order valence-electron chi connectivity index (χ4n) is 1.88. The average Bonchev–Trinajstić information content (AvgIpc) is 2.66. The summed E-state index contributed by atoms with van der Waals surface area (Å²) in [7, 11) is 1.95. The first-order valence-corrected chi connectivity index (χ1v) is 7.11. The third-order valence-electron chi connectivity index (χ3n) is 3.33. The van der Waals surface area contributed by atoms with Gasteiger partial charge in [-0.1, -0.05) is 6.92 Å². The molecule has 7 heteroatoms. The molecule has 0 amide bonds. The lowest BCUT2D eigenvalue weighted by Crippen LogP contribution is -2.39. The Morgan fingerprint density at radius 1 is 1.38 bits per heavy atom. The van der Waals surface area contributed by atoms with Crippen molar-refractivity contribution >= 4 is 29.9 Å². The normalized spacial score (nSPS) is 12.8. The molecule has 1 rings (SSSR count). The second kappa shape index (κ2) is 9.99. The molecule has 1 atom stereocenters. The molecule has 1 aromatic rings. The number of nitrogens with zero attached hydrogens (tertiary/aromatic N) is 3. The van der Waals surface area contributed by atoms with Crippen LogP contribution in [-0.2, 0) is 13.6 Å². The summed E-state index contributed by atoms with van der Waals surface area (Å²) in [6, 6.07) is 0. The van der Waals surface area contributed by atoms with E-state index in [2.05, 4.69) is 27.6 Å². The predicted molar refractivity (Wildman–Crippen MR) is 97.2 cm³/mol. The molecule has 3 N–H and O–H groups in total. The number of rotatable bonds is 6. The second-order valence-corrected chi connectivity index (χ2v) is 5.14. The molecule has 1 heterocycles.